The van der Waals surface area contributed by atoms with Gasteiger partial charge in [0.1, 0.15) is 5.75 Å². The van der Waals surface area contributed by atoms with E-state index in [0.717, 1.165) is 34.6 Å². The summed E-state index contributed by atoms with van der Waals surface area (Å²) in [6.07, 6.45) is 0. The summed E-state index contributed by atoms with van der Waals surface area (Å²) in [5.74, 6) is -2.95. The van der Waals surface area contributed by atoms with Gasteiger partial charge in [0.2, 0.25) is 15.7 Å². The van der Waals surface area contributed by atoms with Crippen LogP contribution in [0.1, 0.15) is 16.7 Å². The van der Waals surface area contributed by atoms with Crippen LogP contribution < -0.4 is 10.1 Å². The number of sulfone groups is 1. The molecule has 0 aliphatic rings. The van der Waals surface area contributed by atoms with Crippen molar-refractivity contribution >= 4 is 21.4 Å². The molecule has 0 spiro atoms. The Morgan fingerprint density at radius 1 is 1.14 bits per heavy atom. The molecule has 0 fully saturated rings. The van der Waals surface area contributed by atoms with Gasteiger partial charge in [0.15, 0.2) is 0 Å². The number of benzene rings is 2. The van der Waals surface area contributed by atoms with E-state index in [4.69, 9.17) is 4.74 Å². The van der Waals surface area contributed by atoms with Crippen molar-refractivity contribution in [3.63, 3.8) is 0 Å². The summed E-state index contributed by atoms with van der Waals surface area (Å²) in [5.41, 5.74) is 3.39. The Bertz CT molecular complexity index is 953. The van der Waals surface area contributed by atoms with Gasteiger partial charge in [0, 0.05) is 12.2 Å². The van der Waals surface area contributed by atoms with Crippen molar-refractivity contribution < 1.29 is 26.7 Å². The maximum absolute atomic E-state index is 12.6. The number of anilines is 1. The van der Waals surface area contributed by atoms with Crippen molar-refractivity contribution in [2.75, 3.05) is 26.0 Å². The van der Waals surface area contributed by atoms with Crippen LogP contribution in [0.25, 0.3) is 0 Å². The quantitative estimate of drug-likeness (QED) is 0.700. The van der Waals surface area contributed by atoms with E-state index in [1.54, 1.807) is 14.2 Å². The molecule has 1 N–H and O–H groups in total. The summed E-state index contributed by atoms with van der Waals surface area (Å²) in [7, 11) is -1.23. The highest BCUT2D eigenvalue weighted by Gasteiger charge is 2.26. The maximum Gasteiger partial charge on any atom is 0.341 e. The van der Waals surface area contributed by atoms with Crippen LogP contribution in [-0.4, -0.2) is 45.7 Å². The number of halogens is 2. The number of rotatable bonds is 8. The predicted octanol–water partition coefficient (Wildman–Crippen LogP) is 3.38. The van der Waals surface area contributed by atoms with E-state index in [1.165, 1.54) is 12.1 Å². The molecule has 6 nitrogen and oxygen atoms in total. The Morgan fingerprint density at radius 3 is 2.17 bits per heavy atom. The van der Waals surface area contributed by atoms with Gasteiger partial charge in [0.25, 0.3) is 0 Å². The number of nitrogens with one attached hydrogen (secondary N) is 1. The number of aryl methyl sites for hydroxylation is 2. The van der Waals surface area contributed by atoms with Crippen LogP contribution in [0, 0.1) is 13.8 Å². The Balaban J connectivity index is 1.97. The molecule has 0 radical (unpaired) electrons. The molecule has 29 heavy (non-hydrogen) atoms. The number of carbonyl (C=O) groups is 1. The number of carbonyl (C=O) groups excluding carboxylic acids is 1. The third-order valence-corrected chi connectivity index (χ3v) is 5.69. The molecule has 0 heterocycles. The lowest BCUT2D eigenvalue weighted by atomic mass is 10.1. The Hall–Kier alpha value is -2.52. The molecule has 0 atom stereocenters. The van der Waals surface area contributed by atoms with E-state index in [1.807, 2.05) is 30.9 Å². The fourth-order valence-corrected chi connectivity index (χ4v) is 3.82. The van der Waals surface area contributed by atoms with Gasteiger partial charge in [-0.15, -0.1) is 0 Å². The number of likely N-dealkylation sites (N-methyl/N-ethyl adjacent to an activating group) is 1. The highest BCUT2D eigenvalue weighted by atomic mass is 32.2. The standard InChI is InChI=1S/C20H24F2N2O4S/c1-13-9-15(10-14(2)19(13)28-4)11-24(3)12-18(25)23-16-5-7-17(8-6-16)29(26,27)20(21)22/h5-10,20H,11-12H2,1-4H3,(H,23,25). The molecule has 9 heteroatoms. The van der Waals surface area contributed by atoms with Gasteiger partial charge >= 0.3 is 5.76 Å². The van der Waals surface area contributed by atoms with Crippen molar-refractivity contribution in [1.82, 2.24) is 4.90 Å². The van der Waals surface area contributed by atoms with Gasteiger partial charge in [-0.1, -0.05) is 12.1 Å². The van der Waals surface area contributed by atoms with Gasteiger partial charge in [0.05, 0.1) is 18.6 Å². The average molecular weight is 426 g/mol. The molecular weight excluding hydrogens is 402 g/mol. The van der Waals surface area contributed by atoms with Crippen LogP contribution in [0.3, 0.4) is 0 Å². The largest absolute Gasteiger partial charge is 0.496 e. The van der Waals surface area contributed by atoms with Crippen LogP contribution in [0.4, 0.5) is 14.5 Å². The lowest BCUT2D eigenvalue weighted by Crippen LogP contribution is -2.29. The van der Waals surface area contributed by atoms with E-state index in [-0.39, 0.29) is 12.5 Å². The van der Waals surface area contributed by atoms with Crippen molar-refractivity contribution in [2.45, 2.75) is 31.0 Å². The number of amides is 1. The first-order valence-corrected chi connectivity index (χ1v) is 10.3. The summed E-state index contributed by atoms with van der Waals surface area (Å²) in [5, 5.41) is 2.62. The molecule has 0 saturated carbocycles. The molecule has 2 aromatic carbocycles. The summed E-state index contributed by atoms with van der Waals surface area (Å²) in [6, 6.07) is 8.66. The van der Waals surface area contributed by atoms with Gasteiger partial charge in [-0.3, -0.25) is 9.69 Å². The van der Waals surface area contributed by atoms with Crippen LogP contribution in [0.5, 0.6) is 5.75 Å². The number of hydrogen-bond donors (Lipinski definition) is 1. The number of ether oxygens (including phenoxy) is 1. The molecule has 2 aromatic rings. The molecule has 0 saturated heterocycles. The van der Waals surface area contributed by atoms with Crippen LogP contribution in [0.15, 0.2) is 41.3 Å². The van der Waals surface area contributed by atoms with Crippen LogP contribution in [0.2, 0.25) is 0 Å². The predicted molar refractivity (Wildman–Crippen MR) is 107 cm³/mol. The Labute approximate surface area is 169 Å². The third-order valence-electron chi connectivity index (χ3n) is 4.29. The fraction of sp³-hybridized carbons (Fsp3) is 0.350. The Morgan fingerprint density at radius 2 is 1.69 bits per heavy atom. The SMILES string of the molecule is COc1c(C)cc(CN(C)CC(=O)Nc2ccc(S(=O)(=O)C(F)F)cc2)cc1C. The van der Waals surface area contributed by atoms with Gasteiger partial charge in [-0.25, -0.2) is 8.42 Å². The minimum atomic E-state index is -4.65. The summed E-state index contributed by atoms with van der Waals surface area (Å²) < 4.78 is 53.3. The van der Waals surface area contributed by atoms with Crippen molar-refractivity contribution in [2.24, 2.45) is 0 Å². The second-order valence-electron chi connectivity index (χ2n) is 6.81. The summed E-state index contributed by atoms with van der Waals surface area (Å²) >= 11 is 0. The number of methoxy groups -OCH3 is 1. The van der Waals surface area contributed by atoms with Crippen molar-refractivity contribution in [1.29, 1.82) is 0 Å². The minimum Gasteiger partial charge on any atom is -0.496 e. The van der Waals surface area contributed by atoms with E-state index >= 15 is 0 Å². The summed E-state index contributed by atoms with van der Waals surface area (Å²) in [4.78, 5) is 13.6. The monoisotopic (exact) mass is 426 g/mol. The average Bonchev–Trinajstić information content (AvgIpc) is 2.61. The molecule has 0 aromatic heterocycles. The fourth-order valence-electron chi connectivity index (χ4n) is 3.10. The molecular formula is C20H24F2N2O4S. The lowest BCUT2D eigenvalue weighted by molar-refractivity contribution is -0.117. The second-order valence-corrected chi connectivity index (χ2v) is 8.73. The third kappa shape index (κ3) is 5.74. The number of nitrogens with zero attached hydrogens (tertiary/aromatic N) is 1. The summed E-state index contributed by atoms with van der Waals surface area (Å²) in [6.45, 7) is 4.56. The van der Waals surface area contributed by atoms with Gasteiger partial charge in [-0.2, -0.15) is 8.78 Å². The minimum absolute atomic E-state index is 0.0984. The van der Waals surface area contributed by atoms with Gasteiger partial charge in [-0.05, 0) is 61.9 Å². The zero-order chi connectivity index (χ0) is 21.8. The maximum atomic E-state index is 12.6. The zero-order valence-electron chi connectivity index (χ0n) is 16.7. The molecule has 0 aliphatic carbocycles. The van der Waals surface area contributed by atoms with E-state index in [0.29, 0.717) is 12.2 Å². The van der Waals surface area contributed by atoms with Gasteiger partial charge < -0.3 is 10.1 Å². The smallest absolute Gasteiger partial charge is 0.341 e. The topological polar surface area (TPSA) is 75.7 Å². The molecule has 1 amide bonds. The molecule has 0 bridgehead atoms. The van der Waals surface area contributed by atoms with Crippen LogP contribution >= 0.6 is 0 Å². The lowest BCUT2D eigenvalue weighted by Gasteiger charge is -2.18. The van der Waals surface area contributed by atoms with E-state index in [2.05, 4.69) is 5.32 Å². The number of alkyl halides is 2. The highest BCUT2D eigenvalue weighted by molar-refractivity contribution is 7.91. The number of hydrogen-bond acceptors (Lipinski definition) is 5. The van der Waals surface area contributed by atoms with Crippen molar-refractivity contribution in [3.05, 3.63) is 53.1 Å². The first kappa shape index (κ1) is 22.8. The molecule has 158 valence electrons. The normalized spacial score (nSPS) is 11.7. The molecule has 2 rings (SSSR count). The van der Waals surface area contributed by atoms with E-state index < -0.39 is 20.5 Å². The Kier molecular flexibility index (Phi) is 7.32. The van der Waals surface area contributed by atoms with E-state index in [9.17, 15) is 22.0 Å². The molecule has 0 unspecified atom stereocenters. The first-order valence-electron chi connectivity index (χ1n) is 8.79. The van der Waals surface area contributed by atoms with Crippen molar-refractivity contribution in [3.8, 4) is 5.75 Å². The highest BCUT2D eigenvalue weighted by Crippen LogP contribution is 2.25. The molecule has 0 aliphatic heterocycles. The second kappa shape index (κ2) is 9.32. The van der Waals surface area contributed by atoms with Crippen LogP contribution in [-0.2, 0) is 21.2 Å². The first-order chi connectivity index (χ1) is 13.5. The zero-order valence-corrected chi connectivity index (χ0v) is 17.5.